The van der Waals surface area contributed by atoms with Crippen molar-refractivity contribution in [1.82, 2.24) is 4.90 Å². The van der Waals surface area contributed by atoms with E-state index >= 15 is 0 Å². The highest BCUT2D eigenvalue weighted by Gasteiger charge is 2.34. The molecule has 2 fully saturated rings. The van der Waals surface area contributed by atoms with Crippen LogP contribution in [0.1, 0.15) is 31.2 Å². The van der Waals surface area contributed by atoms with Crippen molar-refractivity contribution in [2.24, 2.45) is 5.92 Å². The van der Waals surface area contributed by atoms with E-state index in [2.05, 4.69) is 29.2 Å². The van der Waals surface area contributed by atoms with Gasteiger partial charge in [0.05, 0.1) is 17.4 Å². The van der Waals surface area contributed by atoms with Gasteiger partial charge in [-0.1, -0.05) is 12.1 Å². The third kappa shape index (κ3) is 4.09. The van der Waals surface area contributed by atoms with E-state index in [1.165, 1.54) is 24.9 Å². The van der Waals surface area contributed by atoms with Crippen molar-refractivity contribution in [2.75, 3.05) is 36.5 Å². The van der Waals surface area contributed by atoms with E-state index in [4.69, 9.17) is 0 Å². The molecular formula is C18H26N2O3S. The molecule has 0 aromatic heterocycles. The van der Waals surface area contributed by atoms with Crippen molar-refractivity contribution < 1.29 is 13.2 Å². The topological polar surface area (TPSA) is 57.7 Å². The number of nitrogens with zero attached hydrogens (tertiary/aromatic N) is 2. The van der Waals surface area contributed by atoms with Crippen LogP contribution in [0.3, 0.4) is 0 Å². The highest BCUT2D eigenvalue weighted by molar-refractivity contribution is 7.91. The Morgan fingerprint density at radius 2 is 1.83 bits per heavy atom. The lowest BCUT2D eigenvalue weighted by Gasteiger charge is -2.29. The second-order valence-corrected chi connectivity index (χ2v) is 9.24. The Bertz CT molecular complexity index is 679. The Labute approximate surface area is 144 Å². The lowest BCUT2D eigenvalue weighted by Crippen LogP contribution is -2.33. The van der Waals surface area contributed by atoms with Crippen molar-refractivity contribution in [3.8, 4) is 0 Å². The molecule has 0 spiro atoms. The van der Waals surface area contributed by atoms with Crippen molar-refractivity contribution in [3.05, 3.63) is 29.8 Å². The van der Waals surface area contributed by atoms with Crippen LogP contribution in [-0.2, 0) is 21.2 Å². The molecule has 0 N–H and O–H groups in total. The summed E-state index contributed by atoms with van der Waals surface area (Å²) < 4.78 is 23.1. The SMILES string of the molecule is CN(Cc1ccc(N2CCCCC2)cc1)C(=O)C1CCS(=O)(=O)C1. The summed E-state index contributed by atoms with van der Waals surface area (Å²) in [7, 11) is -1.26. The summed E-state index contributed by atoms with van der Waals surface area (Å²) in [5.41, 5.74) is 2.32. The zero-order valence-electron chi connectivity index (χ0n) is 14.3. The summed E-state index contributed by atoms with van der Waals surface area (Å²) in [6.07, 6.45) is 4.28. The van der Waals surface area contributed by atoms with Crippen LogP contribution in [0, 0.1) is 5.92 Å². The standard InChI is InChI=1S/C18H26N2O3S/c1-19(18(21)16-9-12-24(22,23)14-16)13-15-5-7-17(8-6-15)20-10-3-2-4-11-20/h5-8,16H,2-4,9-14H2,1H3. The van der Waals surface area contributed by atoms with Gasteiger partial charge in [0.1, 0.15) is 0 Å². The van der Waals surface area contributed by atoms with Crippen molar-refractivity contribution in [3.63, 3.8) is 0 Å². The maximum Gasteiger partial charge on any atom is 0.226 e. The lowest BCUT2D eigenvalue weighted by atomic mass is 10.1. The summed E-state index contributed by atoms with van der Waals surface area (Å²) in [6.45, 7) is 2.76. The second kappa shape index (κ2) is 7.13. The first-order valence-electron chi connectivity index (χ1n) is 8.74. The molecule has 132 valence electrons. The van der Waals surface area contributed by atoms with Crippen LogP contribution in [0.4, 0.5) is 5.69 Å². The molecule has 1 aromatic rings. The zero-order valence-corrected chi connectivity index (χ0v) is 15.1. The second-order valence-electron chi connectivity index (χ2n) is 7.01. The van der Waals surface area contributed by atoms with Gasteiger partial charge in [0.15, 0.2) is 9.84 Å². The van der Waals surface area contributed by atoms with E-state index in [0.717, 1.165) is 18.7 Å². The van der Waals surface area contributed by atoms with E-state index < -0.39 is 9.84 Å². The Morgan fingerprint density at radius 3 is 2.42 bits per heavy atom. The van der Waals surface area contributed by atoms with E-state index in [9.17, 15) is 13.2 Å². The third-order valence-electron chi connectivity index (χ3n) is 5.04. The Morgan fingerprint density at radius 1 is 1.17 bits per heavy atom. The first kappa shape index (κ1) is 17.3. The molecule has 1 atom stereocenters. The van der Waals surface area contributed by atoms with Gasteiger partial charge in [-0.25, -0.2) is 8.42 Å². The molecule has 0 aliphatic carbocycles. The summed E-state index contributed by atoms with van der Waals surface area (Å²) in [4.78, 5) is 16.5. The fourth-order valence-corrected chi connectivity index (χ4v) is 5.35. The van der Waals surface area contributed by atoms with Gasteiger partial charge in [-0.15, -0.1) is 0 Å². The summed E-state index contributed by atoms with van der Waals surface area (Å²) in [5.74, 6) is -0.282. The summed E-state index contributed by atoms with van der Waals surface area (Å²) >= 11 is 0. The highest BCUT2D eigenvalue weighted by atomic mass is 32.2. The minimum Gasteiger partial charge on any atom is -0.372 e. The maximum absolute atomic E-state index is 12.4. The lowest BCUT2D eigenvalue weighted by molar-refractivity contribution is -0.133. The molecule has 5 nitrogen and oxygen atoms in total. The van der Waals surface area contributed by atoms with Gasteiger partial charge in [0, 0.05) is 32.4 Å². The number of amides is 1. The molecule has 2 aliphatic heterocycles. The number of rotatable bonds is 4. The molecule has 1 amide bonds. The number of carbonyl (C=O) groups excluding carboxylic acids is 1. The number of carbonyl (C=O) groups is 1. The minimum atomic E-state index is -3.02. The van der Waals surface area contributed by atoms with Gasteiger partial charge in [-0.3, -0.25) is 4.79 Å². The monoisotopic (exact) mass is 350 g/mol. The first-order valence-corrected chi connectivity index (χ1v) is 10.6. The van der Waals surface area contributed by atoms with Crippen LogP contribution in [0.2, 0.25) is 0 Å². The Kier molecular flexibility index (Phi) is 5.13. The average Bonchev–Trinajstić information content (AvgIpc) is 2.95. The maximum atomic E-state index is 12.4. The van der Waals surface area contributed by atoms with E-state index in [1.807, 2.05) is 0 Å². The van der Waals surface area contributed by atoms with Crippen molar-refractivity contribution >= 4 is 21.4 Å². The molecule has 0 saturated carbocycles. The molecule has 2 aliphatic rings. The molecular weight excluding hydrogens is 324 g/mol. The molecule has 2 heterocycles. The van der Waals surface area contributed by atoms with Gasteiger partial charge >= 0.3 is 0 Å². The van der Waals surface area contributed by atoms with E-state index in [-0.39, 0.29) is 23.3 Å². The van der Waals surface area contributed by atoms with Crippen molar-refractivity contribution in [2.45, 2.75) is 32.2 Å². The molecule has 1 unspecified atom stereocenters. The Hall–Kier alpha value is -1.56. The third-order valence-corrected chi connectivity index (χ3v) is 6.80. The summed E-state index contributed by atoms with van der Waals surface area (Å²) in [6, 6.07) is 8.39. The average molecular weight is 350 g/mol. The van der Waals surface area contributed by atoms with E-state index in [1.54, 1.807) is 11.9 Å². The van der Waals surface area contributed by atoms with Crippen LogP contribution in [0.25, 0.3) is 0 Å². The number of sulfone groups is 1. The normalized spacial score (nSPS) is 23.2. The predicted molar refractivity (Wildman–Crippen MR) is 95.7 cm³/mol. The number of anilines is 1. The molecule has 1 aromatic carbocycles. The molecule has 6 heteroatoms. The van der Waals surface area contributed by atoms with Gasteiger partial charge in [-0.05, 0) is 43.4 Å². The van der Waals surface area contributed by atoms with Crippen molar-refractivity contribution in [1.29, 1.82) is 0 Å². The van der Waals surface area contributed by atoms with Crippen LogP contribution in [0.5, 0.6) is 0 Å². The Balaban J connectivity index is 1.58. The molecule has 24 heavy (non-hydrogen) atoms. The highest BCUT2D eigenvalue weighted by Crippen LogP contribution is 2.23. The number of benzene rings is 1. The quantitative estimate of drug-likeness (QED) is 0.834. The van der Waals surface area contributed by atoms with Crippen LogP contribution >= 0.6 is 0 Å². The zero-order chi connectivity index (χ0) is 17.2. The largest absolute Gasteiger partial charge is 0.372 e. The smallest absolute Gasteiger partial charge is 0.226 e. The van der Waals surface area contributed by atoms with Gasteiger partial charge in [0.25, 0.3) is 0 Å². The number of hydrogen-bond donors (Lipinski definition) is 0. The van der Waals surface area contributed by atoms with E-state index in [0.29, 0.717) is 13.0 Å². The van der Waals surface area contributed by atoms with Crippen LogP contribution in [-0.4, -0.2) is 50.9 Å². The van der Waals surface area contributed by atoms with Gasteiger partial charge < -0.3 is 9.80 Å². The van der Waals surface area contributed by atoms with Gasteiger partial charge in [0.2, 0.25) is 5.91 Å². The molecule has 3 rings (SSSR count). The predicted octanol–water partition coefficient (Wildman–Crippen LogP) is 2.07. The molecule has 0 bridgehead atoms. The number of hydrogen-bond acceptors (Lipinski definition) is 4. The number of piperidine rings is 1. The summed E-state index contributed by atoms with van der Waals surface area (Å²) in [5, 5.41) is 0. The van der Waals surface area contributed by atoms with Crippen LogP contribution in [0.15, 0.2) is 24.3 Å². The van der Waals surface area contributed by atoms with Gasteiger partial charge in [-0.2, -0.15) is 0 Å². The molecule has 0 radical (unpaired) electrons. The first-order chi connectivity index (χ1) is 11.4. The fourth-order valence-electron chi connectivity index (χ4n) is 3.62. The minimum absolute atomic E-state index is 0.00404. The molecule has 2 saturated heterocycles. The fraction of sp³-hybridized carbons (Fsp3) is 0.611. The van der Waals surface area contributed by atoms with Crippen LogP contribution < -0.4 is 4.90 Å².